The van der Waals surface area contributed by atoms with Crippen LogP contribution in [-0.2, 0) is 0 Å². The molecule has 0 saturated carbocycles. The molecule has 2 aromatic carbocycles. The van der Waals surface area contributed by atoms with Gasteiger partial charge in [0.15, 0.2) is 0 Å². The molecule has 192 valence electrons. The lowest BCUT2D eigenvalue weighted by Crippen LogP contribution is -1.97. The van der Waals surface area contributed by atoms with Crippen molar-refractivity contribution in [1.82, 2.24) is 19.9 Å². The fourth-order valence-corrected chi connectivity index (χ4v) is 4.18. The van der Waals surface area contributed by atoms with E-state index in [1.807, 2.05) is 27.7 Å². The highest BCUT2D eigenvalue weighted by Crippen LogP contribution is 2.31. The fourth-order valence-electron chi connectivity index (χ4n) is 3.39. The summed E-state index contributed by atoms with van der Waals surface area (Å²) in [5.41, 5.74) is 4.46. The van der Waals surface area contributed by atoms with Crippen molar-refractivity contribution in [3.8, 4) is 35.5 Å². The molecule has 4 rings (SSSR count). The van der Waals surface area contributed by atoms with E-state index in [1.165, 1.54) is 12.1 Å². The highest BCUT2D eigenvalue weighted by atomic mass is 35.5. The largest absolute Gasteiger partial charge is 0.438 e. The molecule has 4 aromatic rings. The zero-order chi connectivity index (χ0) is 28.0. The molecule has 0 spiro atoms. The number of aryl methyl sites for hydroxylation is 4. The maximum Gasteiger partial charge on any atom is 0.324 e. The molecule has 0 atom stereocenters. The highest BCUT2D eigenvalue weighted by molar-refractivity contribution is 6.33. The average molecular weight is 588 g/mol. The number of ether oxygens (including phenoxy) is 2. The Morgan fingerprint density at radius 1 is 0.579 bits per heavy atom. The van der Waals surface area contributed by atoms with Gasteiger partial charge in [0.2, 0.25) is 11.2 Å². The van der Waals surface area contributed by atoms with Gasteiger partial charge in [-0.05, 0) is 85.8 Å². The first-order valence-electron chi connectivity index (χ1n) is 10.8. The van der Waals surface area contributed by atoms with Gasteiger partial charge in [-0.15, -0.1) is 0 Å². The summed E-state index contributed by atoms with van der Waals surface area (Å²) in [6.45, 7) is 7.39. The minimum atomic E-state index is 0.0199. The van der Waals surface area contributed by atoms with E-state index in [4.69, 9.17) is 66.4 Å². The first-order valence-corrected chi connectivity index (χ1v) is 12.3. The van der Waals surface area contributed by atoms with Crippen molar-refractivity contribution in [3.63, 3.8) is 0 Å². The minimum Gasteiger partial charge on any atom is -0.438 e. The molecule has 0 saturated heterocycles. The minimum absolute atomic E-state index is 0.0199. The molecule has 0 aliphatic heterocycles. The average Bonchev–Trinajstić information content (AvgIpc) is 2.82. The Labute approximate surface area is 239 Å². The third kappa shape index (κ3) is 7.67. The molecule has 2 aromatic heterocycles. The van der Waals surface area contributed by atoms with Crippen LogP contribution in [0.15, 0.2) is 36.4 Å². The van der Waals surface area contributed by atoms with Crippen molar-refractivity contribution >= 4 is 46.4 Å². The van der Waals surface area contributed by atoms with Crippen LogP contribution in [0.3, 0.4) is 0 Å². The standard InChI is InChI=1S/2C13H9Cl2N3O/c1-7-3-9(6-16)4-8(2)12(7)19-11-5-10(14)17-13(15)18-11;1-7-3-9(6-16)4-8(2)12(7)19-13-17-10(14)5-11(15)18-13/h2*3-5H,1-2H3. The molecule has 0 fully saturated rings. The first kappa shape index (κ1) is 28.9. The van der Waals surface area contributed by atoms with Gasteiger partial charge in [-0.3, -0.25) is 0 Å². The summed E-state index contributed by atoms with van der Waals surface area (Å²) in [4.78, 5) is 15.6. The number of nitrogens with zero attached hydrogens (tertiary/aromatic N) is 6. The molecule has 2 heterocycles. The quantitative estimate of drug-likeness (QED) is 0.173. The number of benzene rings is 2. The lowest BCUT2D eigenvalue weighted by Gasteiger charge is -2.11. The maximum atomic E-state index is 8.89. The topological polar surface area (TPSA) is 118 Å². The molecule has 38 heavy (non-hydrogen) atoms. The molecule has 0 N–H and O–H groups in total. The molecule has 0 aliphatic carbocycles. The summed E-state index contributed by atoms with van der Waals surface area (Å²) in [7, 11) is 0. The smallest absolute Gasteiger partial charge is 0.324 e. The van der Waals surface area contributed by atoms with E-state index in [-0.39, 0.29) is 32.6 Å². The van der Waals surface area contributed by atoms with E-state index in [0.29, 0.717) is 22.6 Å². The third-order valence-electron chi connectivity index (χ3n) is 4.87. The SMILES string of the molecule is Cc1cc(C#N)cc(C)c1Oc1cc(Cl)nc(Cl)n1.Cc1cc(C#N)cc(C)c1Oc1nc(Cl)cc(Cl)n1. The monoisotopic (exact) mass is 586 g/mol. The Kier molecular flexibility index (Phi) is 9.68. The second kappa shape index (κ2) is 12.7. The maximum absolute atomic E-state index is 8.89. The lowest BCUT2D eigenvalue weighted by molar-refractivity contribution is 0.435. The van der Waals surface area contributed by atoms with Gasteiger partial charge in [0.1, 0.15) is 27.0 Å². The van der Waals surface area contributed by atoms with E-state index < -0.39 is 0 Å². The molecular weight excluding hydrogens is 570 g/mol. The summed E-state index contributed by atoms with van der Waals surface area (Å²) < 4.78 is 11.3. The van der Waals surface area contributed by atoms with Crippen LogP contribution in [0, 0.1) is 50.4 Å². The molecule has 12 heteroatoms. The van der Waals surface area contributed by atoms with Gasteiger partial charge in [0, 0.05) is 12.1 Å². The molecule has 0 aliphatic rings. The molecule has 8 nitrogen and oxygen atoms in total. The van der Waals surface area contributed by atoms with Gasteiger partial charge in [-0.1, -0.05) is 34.8 Å². The van der Waals surface area contributed by atoms with Gasteiger partial charge < -0.3 is 9.47 Å². The van der Waals surface area contributed by atoms with Gasteiger partial charge in [0.25, 0.3) is 0 Å². The van der Waals surface area contributed by atoms with E-state index in [9.17, 15) is 0 Å². The fraction of sp³-hybridized carbons (Fsp3) is 0.154. The van der Waals surface area contributed by atoms with Crippen molar-refractivity contribution in [2.24, 2.45) is 0 Å². The van der Waals surface area contributed by atoms with Crippen LogP contribution in [0.2, 0.25) is 20.7 Å². The third-order valence-corrected chi connectivity index (χ3v) is 5.62. The zero-order valence-corrected chi connectivity index (χ0v) is 23.5. The van der Waals surface area contributed by atoms with Gasteiger partial charge in [0.05, 0.1) is 23.3 Å². The van der Waals surface area contributed by atoms with E-state index in [0.717, 1.165) is 22.3 Å². The number of hydrogen-bond donors (Lipinski definition) is 0. The van der Waals surface area contributed by atoms with Gasteiger partial charge >= 0.3 is 6.01 Å². The van der Waals surface area contributed by atoms with Crippen LogP contribution in [0.4, 0.5) is 0 Å². The normalized spacial score (nSPS) is 10.1. The Morgan fingerprint density at radius 2 is 1.00 bits per heavy atom. The lowest BCUT2D eigenvalue weighted by atomic mass is 10.1. The van der Waals surface area contributed by atoms with Crippen LogP contribution < -0.4 is 9.47 Å². The second-order valence-corrected chi connectivity index (χ2v) is 9.40. The van der Waals surface area contributed by atoms with Gasteiger partial charge in [-0.25, -0.2) is 4.98 Å². The number of rotatable bonds is 4. The second-order valence-electron chi connectivity index (χ2n) is 7.90. The summed E-state index contributed by atoms with van der Waals surface area (Å²) in [6, 6.07) is 14.1. The molecule has 0 unspecified atom stereocenters. The number of hydrogen-bond acceptors (Lipinski definition) is 8. The predicted octanol–water partition coefficient (Wildman–Crippen LogP) is 8.13. The number of nitriles is 2. The summed E-state index contributed by atoms with van der Waals surface area (Å²) in [5.74, 6) is 1.49. The van der Waals surface area contributed by atoms with Crippen LogP contribution in [0.5, 0.6) is 23.4 Å². The van der Waals surface area contributed by atoms with Crippen molar-refractivity contribution in [2.75, 3.05) is 0 Å². The molecular formula is C26H18Cl4N6O2. The molecule has 0 bridgehead atoms. The van der Waals surface area contributed by atoms with Crippen LogP contribution >= 0.6 is 46.4 Å². The van der Waals surface area contributed by atoms with Crippen molar-refractivity contribution in [3.05, 3.63) is 90.5 Å². The van der Waals surface area contributed by atoms with Crippen molar-refractivity contribution in [2.45, 2.75) is 27.7 Å². The summed E-state index contributed by atoms with van der Waals surface area (Å²) in [6.07, 6.45) is 0. The Balaban J connectivity index is 0.000000211. The van der Waals surface area contributed by atoms with E-state index in [1.54, 1.807) is 24.3 Å². The molecule has 0 radical (unpaired) electrons. The number of aromatic nitrogens is 4. The van der Waals surface area contributed by atoms with Crippen LogP contribution in [0.25, 0.3) is 0 Å². The number of halogens is 4. The summed E-state index contributed by atoms with van der Waals surface area (Å²) in [5, 5.41) is 18.4. The summed E-state index contributed by atoms with van der Waals surface area (Å²) >= 11 is 23.1. The zero-order valence-electron chi connectivity index (χ0n) is 20.5. The van der Waals surface area contributed by atoms with E-state index in [2.05, 4.69) is 32.1 Å². The van der Waals surface area contributed by atoms with Crippen molar-refractivity contribution in [1.29, 1.82) is 10.5 Å². The highest BCUT2D eigenvalue weighted by Gasteiger charge is 2.12. The predicted molar refractivity (Wildman–Crippen MR) is 146 cm³/mol. The van der Waals surface area contributed by atoms with Gasteiger partial charge in [-0.2, -0.15) is 25.5 Å². The van der Waals surface area contributed by atoms with Crippen LogP contribution in [-0.4, -0.2) is 19.9 Å². The van der Waals surface area contributed by atoms with Crippen LogP contribution in [0.1, 0.15) is 33.4 Å². The Hall–Kier alpha value is -3.66. The molecule has 0 amide bonds. The van der Waals surface area contributed by atoms with Crippen molar-refractivity contribution < 1.29 is 9.47 Å². The van der Waals surface area contributed by atoms with E-state index >= 15 is 0 Å². The first-order chi connectivity index (χ1) is 18.0. The Morgan fingerprint density at radius 3 is 1.42 bits per heavy atom. The Bertz CT molecular complexity index is 1390.